The highest BCUT2D eigenvalue weighted by atomic mass is 35.5. The number of fused-ring (bicyclic) bond motifs is 2. The first-order chi connectivity index (χ1) is 21.3. The molecule has 44 heavy (non-hydrogen) atoms. The Morgan fingerprint density at radius 1 is 1.18 bits per heavy atom. The van der Waals surface area contributed by atoms with E-state index in [1.165, 1.54) is 11.1 Å². The van der Waals surface area contributed by atoms with E-state index in [2.05, 4.69) is 34.8 Å². The predicted molar refractivity (Wildman–Crippen MR) is 177 cm³/mol. The van der Waals surface area contributed by atoms with Crippen LogP contribution in [0.25, 0.3) is 0 Å². The number of benzene rings is 2. The molecule has 2 aromatic rings. The van der Waals surface area contributed by atoms with Crippen molar-refractivity contribution < 1.29 is 23.3 Å². The zero-order valence-corrected chi connectivity index (χ0v) is 27.6. The number of amides is 1. The van der Waals surface area contributed by atoms with Crippen LogP contribution >= 0.6 is 11.6 Å². The molecule has 238 valence electrons. The number of nitrogens with one attached hydrogen (secondary N) is 1. The first kappa shape index (κ1) is 32.7. The Labute approximate surface area is 269 Å². The van der Waals surface area contributed by atoms with E-state index in [-0.39, 0.29) is 34.8 Å². The van der Waals surface area contributed by atoms with Crippen molar-refractivity contribution in [1.82, 2.24) is 4.72 Å². The summed E-state index contributed by atoms with van der Waals surface area (Å²) < 4.78 is 28.0. The Balaban J connectivity index is 1.53. The lowest BCUT2D eigenvalue weighted by Gasteiger charge is -2.43. The molecule has 3 aliphatic rings. The number of anilines is 1. The molecule has 1 N–H and O–H groups in total. The molecule has 2 bridgehead atoms. The largest absolute Gasteiger partial charge is 0.491 e. The van der Waals surface area contributed by atoms with E-state index < -0.39 is 11.0 Å². The summed E-state index contributed by atoms with van der Waals surface area (Å²) >= 11 is 6.40. The molecule has 0 saturated heterocycles. The average molecular weight is 641 g/mol. The maximum absolute atomic E-state index is 13.5. The number of halogens is 1. The van der Waals surface area contributed by atoms with Crippen LogP contribution in [0.5, 0.6) is 5.75 Å². The molecule has 1 amide bonds. The van der Waals surface area contributed by atoms with Crippen LogP contribution in [0.2, 0.25) is 5.02 Å². The number of carbonyl (C=O) groups is 2. The molecule has 1 saturated carbocycles. The lowest BCUT2D eigenvalue weighted by Crippen LogP contribution is -2.43. The molecular weight excluding hydrogens is 596 g/mol. The number of carbonyl (C=O) groups excluding carboxylic acids is 2. The molecule has 0 spiro atoms. The maximum Gasteiger partial charge on any atom is 0.263 e. The molecule has 2 aliphatic heterocycles. The Morgan fingerprint density at radius 3 is 2.75 bits per heavy atom. The van der Waals surface area contributed by atoms with Crippen molar-refractivity contribution in [3.05, 3.63) is 70.3 Å². The standard InChI is InChI=1S/C35H45ClN2O5S/c1-4-6-24-17-29(36)11-13-30(24)28-20-38-19-26-9-12-31(26)27(21-39)8-5-7-23(2)34(15-16-42-3)44(41)37-35(40)25-10-14-33(43-22-28)32(38)18-25/h5,8,10-11,13-14,17-18,21,23,26-28,31,34H,4,6-7,9,12,15-16,19-20,22H2,1-3H3,(H,37,40)/b8-5+. The summed E-state index contributed by atoms with van der Waals surface area (Å²) in [6.45, 7) is 6.64. The van der Waals surface area contributed by atoms with E-state index in [0.717, 1.165) is 55.0 Å². The fourth-order valence-electron chi connectivity index (χ4n) is 7.02. The third-order valence-corrected chi connectivity index (χ3v) is 11.5. The summed E-state index contributed by atoms with van der Waals surface area (Å²) in [5.41, 5.74) is 3.78. The van der Waals surface area contributed by atoms with Crippen LogP contribution in [0.15, 0.2) is 48.6 Å². The predicted octanol–water partition coefficient (Wildman–Crippen LogP) is 6.51. The molecule has 7 unspecified atom stereocenters. The van der Waals surface area contributed by atoms with E-state index in [0.29, 0.717) is 44.1 Å². The monoisotopic (exact) mass is 640 g/mol. The summed E-state index contributed by atoms with van der Waals surface area (Å²) in [5.74, 6) is 0.925. The van der Waals surface area contributed by atoms with Gasteiger partial charge in [0.15, 0.2) is 0 Å². The second-order valence-electron chi connectivity index (χ2n) is 12.6. The van der Waals surface area contributed by atoms with Crippen LogP contribution < -0.4 is 14.4 Å². The van der Waals surface area contributed by atoms with Crippen molar-refractivity contribution in [2.45, 2.75) is 63.5 Å². The summed E-state index contributed by atoms with van der Waals surface area (Å²) in [5, 5.41) is 0.443. The van der Waals surface area contributed by atoms with E-state index in [4.69, 9.17) is 21.1 Å². The van der Waals surface area contributed by atoms with Gasteiger partial charge < -0.3 is 19.2 Å². The van der Waals surface area contributed by atoms with Gasteiger partial charge in [0.2, 0.25) is 0 Å². The quantitative estimate of drug-likeness (QED) is 0.274. The highest BCUT2D eigenvalue weighted by Crippen LogP contribution is 2.44. The number of aryl methyl sites for hydroxylation is 1. The summed E-state index contributed by atoms with van der Waals surface area (Å²) in [6.07, 6.45) is 10.4. The van der Waals surface area contributed by atoms with Gasteiger partial charge in [0.1, 0.15) is 23.0 Å². The number of ether oxygens (including phenoxy) is 2. The topological polar surface area (TPSA) is 84.9 Å². The molecule has 0 radical (unpaired) electrons. The smallest absolute Gasteiger partial charge is 0.263 e. The SMILES string of the molecule is CCCc1cc(Cl)ccc1C1COc2ccc3cc2N(C1)CC1CCC1C(C=O)/C=C/CC(C)C(CCOC)S(=O)NC3=O. The van der Waals surface area contributed by atoms with Crippen LogP contribution in [0.3, 0.4) is 0 Å². The number of methoxy groups -OCH3 is 1. The fraction of sp³-hybridized carbons (Fsp3) is 0.543. The Morgan fingerprint density at radius 2 is 2.02 bits per heavy atom. The van der Waals surface area contributed by atoms with Crippen LogP contribution in [0.1, 0.15) is 73.4 Å². The second kappa shape index (κ2) is 15.1. The number of aldehydes is 1. The fourth-order valence-corrected chi connectivity index (χ4v) is 8.51. The summed E-state index contributed by atoms with van der Waals surface area (Å²) in [6, 6.07) is 11.6. The van der Waals surface area contributed by atoms with Gasteiger partial charge in [0, 0.05) is 49.2 Å². The molecule has 7 atom stereocenters. The molecule has 0 aromatic heterocycles. The van der Waals surface area contributed by atoms with E-state index in [1.807, 2.05) is 31.2 Å². The van der Waals surface area contributed by atoms with Gasteiger partial charge in [-0.15, -0.1) is 0 Å². The number of rotatable bonds is 7. The Bertz CT molecular complexity index is 1380. The van der Waals surface area contributed by atoms with Crippen molar-refractivity contribution in [2.75, 3.05) is 38.3 Å². The minimum atomic E-state index is -1.62. The number of nitrogens with zero attached hydrogens (tertiary/aromatic N) is 1. The van der Waals surface area contributed by atoms with E-state index in [1.54, 1.807) is 13.2 Å². The van der Waals surface area contributed by atoms with Crippen molar-refractivity contribution in [3.8, 4) is 5.75 Å². The molecular formula is C35H45ClN2O5S. The van der Waals surface area contributed by atoms with Crippen LogP contribution in [-0.2, 0) is 26.9 Å². The van der Waals surface area contributed by atoms with Gasteiger partial charge in [-0.2, -0.15) is 0 Å². The van der Waals surface area contributed by atoms with Crippen molar-refractivity contribution in [1.29, 1.82) is 0 Å². The van der Waals surface area contributed by atoms with Crippen LogP contribution in [0, 0.1) is 23.7 Å². The zero-order valence-electron chi connectivity index (χ0n) is 26.0. The molecule has 5 rings (SSSR count). The Kier molecular flexibility index (Phi) is 11.2. The minimum absolute atomic E-state index is 0.0262. The third-order valence-electron chi connectivity index (χ3n) is 9.67. The van der Waals surface area contributed by atoms with Gasteiger partial charge >= 0.3 is 0 Å². The summed E-state index contributed by atoms with van der Waals surface area (Å²) in [4.78, 5) is 28.2. The van der Waals surface area contributed by atoms with Crippen LogP contribution in [-0.4, -0.2) is 55.1 Å². The third kappa shape index (κ3) is 7.40. The first-order valence-corrected chi connectivity index (χ1v) is 17.5. The lowest BCUT2D eigenvalue weighted by molar-refractivity contribution is -0.112. The van der Waals surface area contributed by atoms with Crippen LogP contribution in [0.4, 0.5) is 5.69 Å². The molecule has 1 aliphatic carbocycles. The maximum atomic E-state index is 13.5. The van der Waals surface area contributed by atoms with Crippen molar-refractivity contribution in [3.63, 3.8) is 0 Å². The van der Waals surface area contributed by atoms with E-state index >= 15 is 0 Å². The number of allylic oxidation sites excluding steroid dienone is 2. The van der Waals surface area contributed by atoms with Crippen molar-refractivity contribution >= 4 is 40.5 Å². The normalized spacial score (nSPS) is 29.8. The Hall–Kier alpha value is -2.68. The van der Waals surface area contributed by atoms with Gasteiger partial charge in [0.25, 0.3) is 5.91 Å². The molecule has 2 aromatic carbocycles. The van der Waals surface area contributed by atoms with Gasteiger partial charge in [0.05, 0.1) is 17.5 Å². The average Bonchev–Trinajstić information content (AvgIpc) is 3.17. The molecule has 9 heteroatoms. The first-order valence-electron chi connectivity index (χ1n) is 15.9. The second-order valence-corrected chi connectivity index (χ2v) is 14.4. The highest BCUT2D eigenvalue weighted by molar-refractivity contribution is 7.84. The van der Waals surface area contributed by atoms with Crippen molar-refractivity contribution in [2.24, 2.45) is 23.7 Å². The highest BCUT2D eigenvalue weighted by Gasteiger charge is 2.39. The van der Waals surface area contributed by atoms with E-state index in [9.17, 15) is 13.8 Å². The molecule has 2 heterocycles. The number of hydrogen-bond donors (Lipinski definition) is 1. The molecule has 7 nitrogen and oxygen atoms in total. The number of hydrogen-bond acceptors (Lipinski definition) is 6. The van der Waals surface area contributed by atoms with Gasteiger partial charge in [-0.05, 0) is 91.3 Å². The minimum Gasteiger partial charge on any atom is -0.491 e. The van der Waals surface area contributed by atoms with Gasteiger partial charge in [-0.1, -0.05) is 50.1 Å². The molecule has 1 fully saturated rings. The summed E-state index contributed by atoms with van der Waals surface area (Å²) in [7, 11) is 0.00676. The van der Waals surface area contributed by atoms with Gasteiger partial charge in [-0.3, -0.25) is 9.52 Å². The lowest BCUT2D eigenvalue weighted by atomic mass is 9.67. The van der Waals surface area contributed by atoms with Gasteiger partial charge in [-0.25, -0.2) is 4.21 Å². The zero-order chi connectivity index (χ0) is 31.2.